The van der Waals surface area contributed by atoms with Gasteiger partial charge in [-0.3, -0.25) is 14.5 Å². The Morgan fingerprint density at radius 2 is 2.08 bits per heavy atom. The minimum absolute atomic E-state index is 0.191. The molecule has 2 aromatic rings. The molecule has 1 saturated carbocycles. The number of carbonyl (C=O) groups excluding carboxylic acids is 3. The molecule has 4 aliphatic rings. The Kier molecular flexibility index (Phi) is 6.88. The zero-order chi connectivity index (χ0) is 28.0. The molecule has 11 heteroatoms. The number of nitrogens with zero attached hydrogens (tertiary/aromatic N) is 4. The molecule has 40 heavy (non-hydrogen) atoms. The molecule has 10 nitrogen and oxygen atoms in total. The van der Waals surface area contributed by atoms with E-state index in [1.54, 1.807) is 29.2 Å². The molecule has 4 heterocycles. The summed E-state index contributed by atoms with van der Waals surface area (Å²) < 4.78 is 5.32. The summed E-state index contributed by atoms with van der Waals surface area (Å²) in [6.07, 6.45) is 6.95. The molecule has 2 fully saturated rings. The molecular formula is C29H30N6O4S. The number of pyridine rings is 1. The topological polar surface area (TPSA) is 128 Å². The van der Waals surface area contributed by atoms with Gasteiger partial charge in [0.05, 0.1) is 24.5 Å². The van der Waals surface area contributed by atoms with Gasteiger partial charge in [-0.05, 0) is 68.4 Å². The van der Waals surface area contributed by atoms with Crippen LogP contribution in [0.1, 0.15) is 42.9 Å². The van der Waals surface area contributed by atoms with E-state index >= 15 is 0 Å². The molecule has 6 rings (SSSR count). The van der Waals surface area contributed by atoms with E-state index in [4.69, 9.17) is 4.74 Å². The van der Waals surface area contributed by atoms with Crippen LogP contribution >= 0.6 is 11.8 Å². The van der Waals surface area contributed by atoms with Gasteiger partial charge < -0.3 is 20.3 Å². The van der Waals surface area contributed by atoms with Gasteiger partial charge in [0, 0.05) is 30.9 Å². The summed E-state index contributed by atoms with van der Waals surface area (Å²) in [5, 5.41) is 15.8. The fourth-order valence-electron chi connectivity index (χ4n) is 5.66. The van der Waals surface area contributed by atoms with Gasteiger partial charge in [-0.15, -0.1) is 0 Å². The van der Waals surface area contributed by atoms with Crippen LogP contribution in [-0.2, 0) is 9.59 Å². The van der Waals surface area contributed by atoms with E-state index in [0.717, 1.165) is 42.5 Å². The van der Waals surface area contributed by atoms with Crippen LogP contribution in [0.3, 0.4) is 0 Å². The summed E-state index contributed by atoms with van der Waals surface area (Å²) in [5.41, 5.74) is 3.32. The molecule has 1 saturated heterocycles. The van der Waals surface area contributed by atoms with E-state index in [9.17, 15) is 19.6 Å². The van der Waals surface area contributed by atoms with Gasteiger partial charge in [0.15, 0.2) is 0 Å². The van der Waals surface area contributed by atoms with Crippen LogP contribution in [0, 0.1) is 24.2 Å². The highest BCUT2D eigenvalue weighted by Crippen LogP contribution is 2.51. The predicted molar refractivity (Wildman–Crippen MR) is 149 cm³/mol. The number of allylic oxidation sites excluding steroid dienone is 1. The number of nitrogens with one attached hydrogen (secondary N) is 2. The standard InChI is InChI=1S/C29H30N6O4S/c1-16-12-20(39-2)7-8-21(16)35-22-9-10-31-27-23(22)24(33-29(35)38)25(40-27)26(36)32-19-4-3-11-34(15-19)28(37)18(14-30)13-17-5-6-17/h7-10,12-13,17,19,24-25H,3-6,11,15H2,1-2H3,(H,32,36)(H,33,38)/b18-13+/t19?,24?,25-/m0/s1. The maximum absolute atomic E-state index is 13.6. The Balaban J connectivity index is 1.19. The molecule has 1 aromatic carbocycles. The fraction of sp³-hybridized carbons (Fsp3) is 0.414. The molecule has 206 valence electrons. The van der Waals surface area contributed by atoms with Crippen molar-refractivity contribution in [1.29, 1.82) is 5.26 Å². The number of aromatic nitrogens is 1. The summed E-state index contributed by atoms with van der Waals surface area (Å²) in [6, 6.07) is 8.32. The van der Waals surface area contributed by atoms with Crippen molar-refractivity contribution in [3.05, 3.63) is 53.2 Å². The van der Waals surface area contributed by atoms with Gasteiger partial charge in [-0.2, -0.15) is 5.26 Å². The first kappa shape index (κ1) is 26.2. The average Bonchev–Trinajstić information content (AvgIpc) is 3.71. The molecule has 0 spiro atoms. The molecule has 1 aliphatic carbocycles. The van der Waals surface area contributed by atoms with E-state index in [0.29, 0.717) is 35.5 Å². The molecule has 0 radical (unpaired) electrons. The lowest BCUT2D eigenvalue weighted by Gasteiger charge is -2.36. The summed E-state index contributed by atoms with van der Waals surface area (Å²) >= 11 is 1.34. The number of amides is 4. The molecule has 2 N–H and O–H groups in total. The summed E-state index contributed by atoms with van der Waals surface area (Å²) in [5.74, 6) is 0.559. The number of thioether (sulfide) groups is 1. The van der Waals surface area contributed by atoms with E-state index in [2.05, 4.69) is 21.7 Å². The van der Waals surface area contributed by atoms with Gasteiger partial charge in [-0.25, -0.2) is 9.78 Å². The zero-order valence-electron chi connectivity index (χ0n) is 22.3. The molecule has 0 bridgehead atoms. The minimum Gasteiger partial charge on any atom is -0.497 e. The molecular weight excluding hydrogens is 528 g/mol. The second-order valence-electron chi connectivity index (χ2n) is 10.6. The normalized spacial score (nSPS) is 23.7. The average molecular weight is 559 g/mol. The maximum atomic E-state index is 13.6. The summed E-state index contributed by atoms with van der Waals surface area (Å²) in [4.78, 5) is 47.8. The van der Waals surface area contributed by atoms with E-state index in [1.807, 2.05) is 31.2 Å². The summed E-state index contributed by atoms with van der Waals surface area (Å²) in [7, 11) is 1.60. The van der Waals surface area contributed by atoms with Gasteiger partial charge in [-0.1, -0.05) is 17.8 Å². The number of methoxy groups -OCH3 is 1. The van der Waals surface area contributed by atoms with Gasteiger partial charge in [0.2, 0.25) is 5.91 Å². The van der Waals surface area contributed by atoms with E-state index < -0.39 is 11.3 Å². The number of benzene rings is 1. The van der Waals surface area contributed by atoms with Crippen LogP contribution in [-0.4, -0.2) is 59.2 Å². The highest BCUT2D eigenvalue weighted by molar-refractivity contribution is 8.01. The van der Waals surface area contributed by atoms with Crippen molar-refractivity contribution >= 4 is 41.0 Å². The number of hydrogen-bond acceptors (Lipinski definition) is 7. The first-order chi connectivity index (χ1) is 19.4. The number of anilines is 2. The second-order valence-corrected chi connectivity index (χ2v) is 11.8. The Hall–Kier alpha value is -4.04. The van der Waals surface area contributed by atoms with Crippen molar-refractivity contribution < 1.29 is 19.1 Å². The number of piperidine rings is 1. The van der Waals surface area contributed by atoms with Crippen LogP contribution in [0.5, 0.6) is 5.75 Å². The Bertz CT molecular complexity index is 1460. The van der Waals surface area contributed by atoms with Crippen LogP contribution in [0.15, 0.2) is 47.1 Å². The minimum atomic E-state index is -0.595. The van der Waals surface area contributed by atoms with Crippen molar-refractivity contribution in [3.8, 4) is 11.8 Å². The predicted octanol–water partition coefficient (Wildman–Crippen LogP) is 3.74. The zero-order valence-corrected chi connectivity index (χ0v) is 23.2. The number of urea groups is 1. The number of likely N-dealkylation sites (tertiary alicyclic amines) is 1. The monoisotopic (exact) mass is 558 g/mol. The van der Waals surface area contributed by atoms with Gasteiger partial charge >= 0.3 is 6.03 Å². The lowest BCUT2D eigenvalue weighted by molar-refractivity contribution is -0.129. The van der Waals surface area contributed by atoms with Crippen LogP contribution in [0.4, 0.5) is 16.2 Å². The van der Waals surface area contributed by atoms with Crippen molar-refractivity contribution in [2.45, 2.75) is 55.0 Å². The fourth-order valence-corrected chi connectivity index (χ4v) is 6.89. The Labute approximate surface area is 236 Å². The third-order valence-corrected chi connectivity index (χ3v) is 9.13. The number of ether oxygens (including phenoxy) is 1. The number of nitriles is 1. The SMILES string of the molecule is COc1ccc(N2C(=O)NC3c4c2ccnc4S[C@@H]3C(=O)NC2CCCN(C(=O)/C(C#N)=C/C3CC3)C2)c(C)c1. The number of carbonyl (C=O) groups is 3. The first-order valence-electron chi connectivity index (χ1n) is 13.5. The highest BCUT2D eigenvalue weighted by Gasteiger charge is 2.47. The largest absolute Gasteiger partial charge is 0.497 e. The molecule has 3 aliphatic heterocycles. The van der Waals surface area contributed by atoms with Crippen molar-refractivity contribution in [2.24, 2.45) is 5.92 Å². The Morgan fingerprint density at radius 1 is 1.25 bits per heavy atom. The number of aryl methyl sites for hydroxylation is 1. The lowest BCUT2D eigenvalue weighted by Crippen LogP contribution is -2.54. The van der Waals surface area contributed by atoms with Crippen molar-refractivity contribution in [2.75, 3.05) is 25.1 Å². The van der Waals surface area contributed by atoms with E-state index in [-0.39, 0.29) is 29.5 Å². The van der Waals surface area contributed by atoms with Crippen LogP contribution in [0.2, 0.25) is 0 Å². The highest BCUT2D eigenvalue weighted by atomic mass is 32.2. The van der Waals surface area contributed by atoms with Crippen LogP contribution < -0.4 is 20.3 Å². The van der Waals surface area contributed by atoms with Crippen molar-refractivity contribution in [1.82, 2.24) is 20.5 Å². The van der Waals surface area contributed by atoms with E-state index in [1.165, 1.54) is 11.8 Å². The Morgan fingerprint density at radius 3 is 2.80 bits per heavy atom. The van der Waals surface area contributed by atoms with Gasteiger partial charge in [0.1, 0.15) is 27.7 Å². The quantitative estimate of drug-likeness (QED) is 0.408. The molecule has 2 unspecified atom stereocenters. The smallest absolute Gasteiger partial charge is 0.327 e. The number of hydrogen-bond donors (Lipinski definition) is 2. The third-order valence-electron chi connectivity index (χ3n) is 7.84. The van der Waals surface area contributed by atoms with Crippen molar-refractivity contribution in [3.63, 3.8) is 0 Å². The third kappa shape index (κ3) is 4.77. The summed E-state index contributed by atoms with van der Waals surface area (Å²) in [6.45, 7) is 2.83. The second kappa shape index (κ2) is 10.5. The molecule has 4 amide bonds. The molecule has 1 aromatic heterocycles. The maximum Gasteiger partial charge on any atom is 0.327 e. The lowest BCUT2D eigenvalue weighted by atomic mass is 9.98. The first-order valence-corrected chi connectivity index (χ1v) is 14.4. The molecule has 3 atom stereocenters. The van der Waals surface area contributed by atoms with Gasteiger partial charge in [0.25, 0.3) is 5.91 Å². The number of rotatable bonds is 6. The van der Waals surface area contributed by atoms with Crippen LogP contribution in [0.25, 0.3) is 0 Å².